The summed E-state index contributed by atoms with van der Waals surface area (Å²) in [5, 5.41) is 26.3. The lowest BCUT2D eigenvalue weighted by atomic mass is 10.0. The van der Waals surface area contributed by atoms with Crippen molar-refractivity contribution < 1.29 is 28.7 Å². The first kappa shape index (κ1) is 27.6. The fourth-order valence-corrected chi connectivity index (χ4v) is 7.08. The van der Waals surface area contributed by atoms with Gasteiger partial charge in [-0.15, -0.1) is 33.3 Å². The molecule has 0 radical (unpaired) electrons. The molecule has 0 aliphatic carbocycles. The molecule has 3 aromatic rings. The summed E-state index contributed by atoms with van der Waals surface area (Å²) in [5.41, 5.74) is 6.78. The molecule has 1 fully saturated rings. The first-order valence-electron chi connectivity index (χ1n) is 11.5. The molecule has 2 amide bonds. The lowest BCUT2D eigenvalue weighted by Crippen LogP contribution is -2.71. The summed E-state index contributed by atoms with van der Waals surface area (Å²) >= 11 is 3.72. The highest BCUT2D eigenvalue weighted by Gasteiger charge is 2.54. The summed E-state index contributed by atoms with van der Waals surface area (Å²) in [5.74, 6) is -1.78. The number of nitrogens with one attached hydrogen (secondary N) is 1. The summed E-state index contributed by atoms with van der Waals surface area (Å²) in [6, 6.07) is 4.89. The number of amides is 2. The smallest absolute Gasteiger partial charge is 0.352 e. The van der Waals surface area contributed by atoms with Crippen LogP contribution in [0.15, 0.2) is 51.2 Å². The van der Waals surface area contributed by atoms with E-state index in [-0.39, 0.29) is 33.8 Å². The average molecular weight is 605 g/mol. The molecular formula is C23H21FN8O5S3. The van der Waals surface area contributed by atoms with Gasteiger partial charge < -0.3 is 25.6 Å². The Labute approximate surface area is 238 Å². The fraction of sp³-hybridized carbons (Fsp3) is 0.261. The topological polar surface area (TPSA) is 178 Å². The van der Waals surface area contributed by atoms with Crippen LogP contribution < -0.4 is 11.1 Å². The molecule has 2 atom stereocenters. The predicted octanol–water partition coefficient (Wildman–Crippen LogP) is 1.54. The molecular weight excluding hydrogens is 584 g/mol. The number of fused-ring (bicyclic) bond motifs is 1. The lowest BCUT2D eigenvalue weighted by molar-refractivity contribution is -0.150. The van der Waals surface area contributed by atoms with E-state index in [1.807, 2.05) is 0 Å². The number of carboxylic acid groups (broad SMARTS) is 1. The molecule has 2 aliphatic rings. The monoisotopic (exact) mass is 604 g/mol. The number of thioether (sulfide) groups is 2. The number of aliphatic carboxylic acids is 1. The minimum atomic E-state index is -1.25. The molecule has 40 heavy (non-hydrogen) atoms. The van der Waals surface area contributed by atoms with Crippen molar-refractivity contribution in [2.45, 2.75) is 16.6 Å². The number of benzene rings is 1. The predicted molar refractivity (Wildman–Crippen MR) is 147 cm³/mol. The van der Waals surface area contributed by atoms with Crippen LogP contribution in [0.2, 0.25) is 0 Å². The Balaban J connectivity index is 1.30. The Morgan fingerprint density at radius 2 is 2.08 bits per heavy atom. The number of nitrogens with zero attached hydrogens (tertiary/aromatic N) is 6. The van der Waals surface area contributed by atoms with E-state index in [1.54, 1.807) is 23.7 Å². The second-order valence-electron chi connectivity index (χ2n) is 8.47. The zero-order valence-electron chi connectivity index (χ0n) is 20.9. The lowest BCUT2D eigenvalue weighted by Gasteiger charge is -2.49. The zero-order chi connectivity index (χ0) is 28.6. The van der Waals surface area contributed by atoms with Crippen molar-refractivity contribution in [2.75, 3.05) is 24.3 Å². The Morgan fingerprint density at radius 1 is 1.32 bits per heavy atom. The van der Waals surface area contributed by atoms with E-state index < -0.39 is 29.2 Å². The van der Waals surface area contributed by atoms with Gasteiger partial charge in [-0.3, -0.25) is 14.5 Å². The van der Waals surface area contributed by atoms with Crippen LogP contribution in [-0.2, 0) is 26.3 Å². The summed E-state index contributed by atoms with van der Waals surface area (Å²) in [6.45, 7) is 0. The zero-order valence-corrected chi connectivity index (χ0v) is 23.3. The van der Waals surface area contributed by atoms with E-state index in [9.17, 15) is 23.9 Å². The van der Waals surface area contributed by atoms with Gasteiger partial charge in [0, 0.05) is 29.5 Å². The number of hydrogen-bond acceptors (Lipinski definition) is 12. The van der Waals surface area contributed by atoms with Crippen LogP contribution in [0, 0.1) is 5.82 Å². The van der Waals surface area contributed by atoms with Gasteiger partial charge in [0.25, 0.3) is 11.8 Å². The first-order valence-corrected chi connectivity index (χ1v) is 14.4. The number of β-lactam (4-membered cyclic amide) rings is 1. The van der Waals surface area contributed by atoms with E-state index in [2.05, 4.69) is 25.7 Å². The molecule has 4 N–H and O–H groups in total. The van der Waals surface area contributed by atoms with Crippen LogP contribution in [0.3, 0.4) is 0 Å². The molecule has 0 saturated carbocycles. The van der Waals surface area contributed by atoms with Crippen molar-refractivity contribution in [2.24, 2.45) is 12.2 Å². The highest BCUT2D eigenvalue weighted by atomic mass is 32.2. The Kier molecular flexibility index (Phi) is 7.77. The SMILES string of the molecule is CO/N=C(\C(=O)N[C@@H]1C(=O)N2C(C(=O)O)=C(CSc3nnc(-c4ccc(F)cc4)n3C)CS[C@H]12)c1csc(N)n1. The molecule has 5 rings (SSSR count). The van der Waals surface area contributed by atoms with E-state index in [4.69, 9.17) is 10.6 Å². The van der Waals surface area contributed by atoms with E-state index in [0.717, 1.165) is 11.3 Å². The van der Waals surface area contributed by atoms with E-state index in [0.29, 0.717) is 27.9 Å². The standard InChI is InChI=1S/C23H21FN8O5S3/c1-31-17(10-3-5-12(24)6-4-10)28-29-23(31)40-8-11-7-38-20-15(19(34)32(20)16(11)21(35)36)27-18(33)14(30-37-2)13-9-39-22(25)26-13/h3-6,9,15,20H,7-8H2,1-2H3,(H2,25,26)(H,27,33)(H,35,36)/b30-14-/t15-,20-/m1/s1. The molecule has 17 heteroatoms. The summed E-state index contributed by atoms with van der Waals surface area (Å²) in [4.78, 5) is 48.2. The molecule has 13 nitrogen and oxygen atoms in total. The normalized spacial score (nSPS) is 18.8. The number of thiazole rings is 1. The number of carbonyl (C=O) groups is 3. The number of carbonyl (C=O) groups excluding carboxylic acids is 2. The number of rotatable bonds is 9. The second kappa shape index (κ2) is 11.3. The highest BCUT2D eigenvalue weighted by molar-refractivity contribution is 8.01. The molecule has 0 spiro atoms. The van der Waals surface area contributed by atoms with Crippen molar-refractivity contribution in [1.29, 1.82) is 0 Å². The second-order valence-corrected chi connectivity index (χ2v) is 11.4. The van der Waals surface area contributed by atoms with Crippen LogP contribution in [0.25, 0.3) is 11.4 Å². The van der Waals surface area contributed by atoms with Gasteiger partial charge in [0.15, 0.2) is 21.8 Å². The van der Waals surface area contributed by atoms with Gasteiger partial charge in [0.1, 0.15) is 35.7 Å². The molecule has 2 aliphatic heterocycles. The Hall–Kier alpha value is -3.96. The fourth-order valence-electron chi connectivity index (χ4n) is 4.14. The molecule has 4 heterocycles. The third-order valence-electron chi connectivity index (χ3n) is 6.01. The van der Waals surface area contributed by atoms with Gasteiger partial charge in [0.2, 0.25) is 0 Å². The molecule has 1 saturated heterocycles. The average Bonchev–Trinajstić information content (AvgIpc) is 3.53. The van der Waals surface area contributed by atoms with Gasteiger partial charge in [-0.1, -0.05) is 16.9 Å². The number of oxime groups is 1. The Bertz CT molecular complexity index is 1550. The van der Waals surface area contributed by atoms with Gasteiger partial charge in [0.05, 0.1) is 0 Å². The summed E-state index contributed by atoms with van der Waals surface area (Å²) in [7, 11) is 3.02. The van der Waals surface area contributed by atoms with Crippen molar-refractivity contribution in [3.05, 3.63) is 52.4 Å². The van der Waals surface area contributed by atoms with Gasteiger partial charge in [-0.25, -0.2) is 14.2 Å². The van der Waals surface area contributed by atoms with Crippen molar-refractivity contribution in [3.63, 3.8) is 0 Å². The van der Waals surface area contributed by atoms with Crippen molar-refractivity contribution >= 4 is 63.5 Å². The summed E-state index contributed by atoms with van der Waals surface area (Å²) in [6.07, 6.45) is 0. The molecule has 0 unspecified atom stereocenters. The van der Waals surface area contributed by atoms with E-state index in [1.165, 1.54) is 53.0 Å². The number of carboxylic acids is 1. The minimum Gasteiger partial charge on any atom is -0.477 e. The number of hydrogen-bond donors (Lipinski definition) is 3. The van der Waals surface area contributed by atoms with Crippen molar-refractivity contribution in [3.8, 4) is 11.4 Å². The quantitative estimate of drug-likeness (QED) is 0.140. The molecule has 1 aromatic carbocycles. The first-order chi connectivity index (χ1) is 19.2. The number of nitrogen functional groups attached to an aromatic ring is 1. The van der Waals surface area contributed by atoms with Crippen molar-refractivity contribution in [1.82, 2.24) is 30.0 Å². The third-order valence-corrected chi connectivity index (χ3v) is 9.13. The van der Waals surface area contributed by atoms with E-state index >= 15 is 0 Å². The number of halogens is 1. The van der Waals surface area contributed by atoms with Gasteiger partial charge in [-0.05, 0) is 29.8 Å². The number of nitrogens with two attached hydrogens (primary N) is 1. The largest absolute Gasteiger partial charge is 0.477 e. The maximum absolute atomic E-state index is 13.3. The van der Waals surface area contributed by atoms with Crippen LogP contribution >= 0.6 is 34.9 Å². The maximum Gasteiger partial charge on any atom is 0.352 e. The molecule has 0 bridgehead atoms. The molecule has 208 valence electrons. The number of aromatic nitrogens is 4. The summed E-state index contributed by atoms with van der Waals surface area (Å²) < 4.78 is 15.0. The van der Waals surface area contributed by atoms with Crippen LogP contribution in [0.1, 0.15) is 5.69 Å². The van der Waals surface area contributed by atoms with Crippen LogP contribution in [0.5, 0.6) is 0 Å². The third kappa shape index (κ3) is 5.14. The molecule has 2 aromatic heterocycles. The van der Waals surface area contributed by atoms with Gasteiger partial charge in [-0.2, -0.15) is 0 Å². The number of anilines is 1. The minimum absolute atomic E-state index is 0.120. The maximum atomic E-state index is 13.3. The van der Waals surface area contributed by atoms with Crippen LogP contribution in [0.4, 0.5) is 9.52 Å². The van der Waals surface area contributed by atoms with Crippen LogP contribution in [-0.4, -0.2) is 83.3 Å². The highest BCUT2D eigenvalue weighted by Crippen LogP contribution is 2.41. The Morgan fingerprint density at radius 3 is 2.73 bits per heavy atom. The van der Waals surface area contributed by atoms with Gasteiger partial charge >= 0.3 is 5.97 Å².